The highest BCUT2D eigenvalue weighted by Gasteiger charge is 2.12. The number of amides is 1. The largest absolute Gasteiger partial charge is 0.354 e. The second-order valence-corrected chi connectivity index (χ2v) is 3.92. The van der Waals surface area contributed by atoms with Gasteiger partial charge in [0.15, 0.2) is 11.5 Å². The highest BCUT2D eigenvalue weighted by molar-refractivity contribution is 5.91. The highest BCUT2D eigenvalue weighted by Crippen LogP contribution is 2.11. The van der Waals surface area contributed by atoms with Crippen LogP contribution >= 0.6 is 0 Å². The molecule has 1 aromatic rings. The third kappa shape index (κ3) is 3.42. The van der Waals surface area contributed by atoms with Gasteiger partial charge in [-0.1, -0.05) is 0 Å². The topological polar surface area (TPSA) is 81.9 Å². The van der Waals surface area contributed by atoms with Gasteiger partial charge in [0.05, 0.1) is 12.0 Å². The standard InChI is InChI=1S/C12H17N5O/c1-4-17(8-9(2)7-13)11-6-5-10(15-16-11)12(18)14-3/h5-6,9H,4,8H2,1-3H3,(H,14,18). The first-order chi connectivity index (χ1) is 8.62. The van der Waals surface area contributed by atoms with Crippen LogP contribution < -0.4 is 10.2 Å². The molecule has 1 unspecified atom stereocenters. The molecule has 0 fully saturated rings. The van der Waals surface area contributed by atoms with Crippen LogP contribution in [0, 0.1) is 17.2 Å². The predicted octanol–water partition coefficient (Wildman–Crippen LogP) is 0.822. The van der Waals surface area contributed by atoms with Crippen molar-refractivity contribution in [2.75, 3.05) is 25.0 Å². The first kappa shape index (κ1) is 13.9. The number of aromatic nitrogens is 2. The fourth-order valence-electron chi connectivity index (χ4n) is 1.50. The SMILES string of the molecule is CCN(CC(C)C#N)c1ccc(C(=O)NC)nn1. The number of hydrogen-bond donors (Lipinski definition) is 1. The quantitative estimate of drug-likeness (QED) is 0.833. The molecule has 96 valence electrons. The molecule has 6 heteroatoms. The van der Waals surface area contributed by atoms with E-state index < -0.39 is 0 Å². The van der Waals surface area contributed by atoms with Crippen LogP contribution in [0.25, 0.3) is 0 Å². The van der Waals surface area contributed by atoms with E-state index >= 15 is 0 Å². The summed E-state index contributed by atoms with van der Waals surface area (Å²) in [4.78, 5) is 13.3. The number of nitrogens with one attached hydrogen (secondary N) is 1. The Morgan fingerprint density at radius 3 is 2.72 bits per heavy atom. The molecule has 0 bridgehead atoms. The molecule has 0 aromatic carbocycles. The fourth-order valence-corrected chi connectivity index (χ4v) is 1.50. The molecule has 0 aliphatic carbocycles. The molecule has 1 N–H and O–H groups in total. The van der Waals surface area contributed by atoms with E-state index in [1.165, 1.54) is 0 Å². The van der Waals surface area contributed by atoms with E-state index in [0.717, 1.165) is 6.54 Å². The average Bonchev–Trinajstić information content (AvgIpc) is 2.43. The summed E-state index contributed by atoms with van der Waals surface area (Å²) in [6.07, 6.45) is 0. The second kappa shape index (κ2) is 6.55. The smallest absolute Gasteiger partial charge is 0.271 e. The molecule has 1 atom stereocenters. The van der Waals surface area contributed by atoms with Crippen molar-refractivity contribution in [1.29, 1.82) is 5.26 Å². The zero-order chi connectivity index (χ0) is 13.5. The van der Waals surface area contributed by atoms with Gasteiger partial charge in [-0.15, -0.1) is 10.2 Å². The minimum atomic E-state index is -0.262. The molecule has 0 aliphatic heterocycles. The maximum Gasteiger partial charge on any atom is 0.271 e. The predicted molar refractivity (Wildman–Crippen MR) is 68.1 cm³/mol. The molecule has 1 amide bonds. The number of carbonyl (C=O) groups is 1. The van der Waals surface area contributed by atoms with Gasteiger partial charge in [-0.2, -0.15) is 5.26 Å². The maximum absolute atomic E-state index is 11.3. The highest BCUT2D eigenvalue weighted by atomic mass is 16.1. The molecule has 0 radical (unpaired) electrons. The average molecular weight is 247 g/mol. The molecule has 0 spiro atoms. The van der Waals surface area contributed by atoms with E-state index in [9.17, 15) is 4.79 Å². The molecule has 0 saturated carbocycles. The molecule has 18 heavy (non-hydrogen) atoms. The molecule has 1 rings (SSSR count). The van der Waals surface area contributed by atoms with E-state index in [0.29, 0.717) is 12.4 Å². The first-order valence-corrected chi connectivity index (χ1v) is 5.82. The maximum atomic E-state index is 11.3. The van der Waals surface area contributed by atoms with Gasteiger partial charge in [0.2, 0.25) is 0 Å². The zero-order valence-corrected chi connectivity index (χ0v) is 10.8. The Bertz CT molecular complexity index is 437. The van der Waals surface area contributed by atoms with E-state index in [2.05, 4.69) is 21.6 Å². The summed E-state index contributed by atoms with van der Waals surface area (Å²) in [6, 6.07) is 5.55. The zero-order valence-electron chi connectivity index (χ0n) is 10.8. The van der Waals surface area contributed by atoms with Gasteiger partial charge in [0.1, 0.15) is 0 Å². The Balaban J connectivity index is 2.82. The summed E-state index contributed by atoms with van der Waals surface area (Å²) in [6.45, 7) is 5.18. The number of rotatable bonds is 5. The van der Waals surface area contributed by atoms with Crippen molar-refractivity contribution >= 4 is 11.7 Å². The van der Waals surface area contributed by atoms with Gasteiger partial charge in [0.25, 0.3) is 5.91 Å². The third-order valence-corrected chi connectivity index (χ3v) is 2.53. The minimum Gasteiger partial charge on any atom is -0.354 e. The fraction of sp³-hybridized carbons (Fsp3) is 0.500. The number of anilines is 1. The summed E-state index contributed by atoms with van der Waals surface area (Å²) in [5.74, 6) is 0.333. The van der Waals surface area contributed by atoms with Crippen LogP contribution in [0.4, 0.5) is 5.82 Å². The van der Waals surface area contributed by atoms with Crippen molar-refractivity contribution in [2.45, 2.75) is 13.8 Å². The summed E-state index contributed by atoms with van der Waals surface area (Å²) in [7, 11) is 1.55. The Kier molecular flexibility index (Phi) is 5.06. The molecule has 0 saturated heterocycles. The van der Waals surface area contributed by atoms with Gasteiger partial charge in [-0.3, -0.25) is 4.79 Å². The lowest BCUT2D eigenvalue weighted by Gasteiger charge is -2.22. The van der Waals surface area contributed by atoms with Gasteiger partial charge in [-0.05, 0) is 26.0 Å². The Labute approximate surface area is 107 Å². The van der Waals surface area contributed by atoms with Gasteiger partial charge < -0.3 is 10.2 Å². The van der Waals surface area contributed by atoms with Crippen molar-refractivity contribution in [3.8, 4) is 6.07 Å². The van der Waals surface area contributed by atoms with E-state index in [-0.39, 0.29) is 17.5 Å². The lowest BCUT2D eigenvalue weighted by molar-refractivity contribution is 0.0957. The van der Waals surface area contributed by atoms with Crippen molar-refractivity contribution in [3.05, 3.63) is 17.8 Å². The monoisotopic (exact) mass is 247 g/mol. The van der Waals surface area contributed by atoms with Gasteiger partial charge in [0, 0.05) is 20.1 Å². The Morgan fingerprint density at radius 1 is 1.56 bits per heavy atom. The van der Waals surface area contributed by atoms with Crippen molar-refractivity contribution in [1.82, 2.24) is 15.5 Å². The van der Waals surface area contributed by atoms with E-state index in [1.54, 1.807) is 19.2 Å². The number of carbonyl (C=O) groups excluding carboxylic acids is 1. The molecule has 1 aromatic heterocycles. The van der Waals surface area contributed by atoms with Crippen LogP contribution in [0.2, 0.25) is 0 Å². The van der Waals surface area contributed by atoms with Crippen LogP contribution in [0.1, 0.15) is 24.3 Å². The third-order valence-electron chi connectivity index (χ3n) is 2.53. The Hall–Kier alpha value is -2.16. The molecular weight excluding hydrogens is 230 g/mol. The van der Waals surface area contributed by atoms with Crippen LogP contribution in [0.15, 0.2) is 12.1 Å². The summed E-state index contributed by atoms with van der Waals surface area (Å²) < 4.78 is 0. The number of nitriles is 1. The van der Waals surface area contributed by atoms with Crippen LogP contribution in [0.5, 0.6) is 0 Å². The lowest BCUT2D eigenvalue weighted by atomic mass is 10.2. The lowest BCUT2D eigenvalue weighted by Crippen LogP contribution is -2.29. The summed E-state index contributed by atoms with van der Waals surface area (Å²) in [5.41, 5.74) is 0.283. The van der Waals surface area contributed by atoms with Crippen LogP contribution in [0.3, 0.4) is 0 Å². The number of nitrogens with zero attached hydrogens (tertiary/aromatic N) is 4. The summed E-state index contributed by atoms with van der Waals surface area (Å²) in [5, 5.41) is 19.2. The van der Waals surface area contributed by atoms with Crippen LogP contribution in [-0.4, -0.2) is 36.2 Å². The normalized spacial score (nSPS) is 11.4. The van der Waals surface area contributed by atoms with Gasteiger partial charge >= 0.3 is 0 Å². The molecular formula is C12H17N5O. The molecule has 0 aliphatic rings. The number of hydrogen-bond acceptors (Lipinski definition) is 5. The Morgan fingerprint density at radius 2 is 2.28 bits per heavy atom. The first-order valence-electron chi connectivity index (χ1n) is 5.82. The van der Waals surface area contributed by atoms with Crippen molar-refractivity contribution in [2.24, 2.45) is 5.92 Å². The van der Waals surface area contributed by atoms with Gasteiger partial charge in [-0.25, -0.2) is 0 Å². The second-order valence-electron chi connectivity index (χ2n) is 3.92. The summed E-state index contributed by atoms with van der Waals surface area (Å²) >= 11 is 0. The van der Waals surface area contributed by atoms with E-state index in [1.807, 2.05) is 18.7 Å². The van der Waals surface area contributed by atoms with Crippen molar-refractivity contribution < 1.29 is 4.79 Å². The minimum absolute atomic E-state index is 0.0784. The molecule has 1 heterocycles. The molecule has 6 nitrogen and oxygen atoms in total. The van der Waals surface area contributed by atoms with Crippen LogP contribution in [-0.2, 0) is 0 Å². The van der Waals surface area contributed by atoms with Crippen molar-refractivity contribution in [3.63, 3.8) is 0 Å². The van der Waals surface area contributed by atoms with E-state index in [4.69, 9.17) is 5.26 Å².